The van der Waals surface area contributed by atoms with E-state index in [-0.39, 0.29) is 17.9 Å². The van der Waals surface area contributed by atoms with E-state index in [0.29, 0.717) is 24.3 Å². The minimum atomic E-state index is -0.137. The van der Waals surface area contributed by atoms with Gasteiger partial charge in [0, 0.05) is 30.3 Å². The predicted octanol–water partition coefficient (Wildman–Crippen LogP) is 3.43. The van der Waals surface area contributed by atoms with Gasteiger partial charge in [-0.2, -0.15) is 0 Å². The number of carbonyl (C=O) groups is 2. The fourth-order valence-corrected chi connectivity index (χ4v) is 3.82. The Morgan fingerprint density at radius 1 is 1.10 bits per heavy atom. The van der Waals surface area contributed by atoms with E-state index < -0.39 is 0 Å². The summed E-state index contributed by atoms with van der Waals surface area (Å²) in [5, 5.41) is 11.5. The number of amides is 2. The molecule has 3 aromatic rings. The third kappa shape index (κ3) is 3.63. The summed E-state index contributed by atoms with van der Waals surface area (Å²) < 4.78 is 2.12. The number of nitrogens with zero attached hydrogens (tertiary/aromatic N) is 4. The van der Waals surface area contributed by atoms with E-state index in [1.807, 2.05) is 48.2 Å². The van der Waals surface area contributed by atoms with Crippen LogP contribution in [-0.2, 0) is 11.3 Å². The lowest BCUT2D eigenvalue weighted by Gasteiger charge is -2.33. The summed E-state index contributed by atoms with van der Waals surface area (Å²) in [6, 6.07) is 15.4. The van der Waals surface area contributed by atoms with Crippen molar-refractivity contribution in [3.8, 4) is 11.4 Å². The zero-order chi connectivity index (χ0) is 20.5. The first-order valence-corrected chi connectivity index (χ1v) is 9.60. The molecule has 0 fully saturated rings. The van der Waals surface area contributed by atoms with Gasteiger partial charge in [-0.3, -0.25) is 9.59 Å². The minimum Gasteiger partial charge on any atom is -0.329 e. The van der Waals surface area contributed by atoms with Crippen molar-refractivity contribution in [3.63, 3.8) is 0 Å². The third-order valence-electron chi connectivity index (χ3n) is 5.12. The highest BCUT2D eigenvalue weighted by Crippen LogP contribution is 2.28. The van der Waals surface area contributed by atoms with E-state index in [9.17, 15) is 9.59 Å². The Kier molecular flexibility index (Phi) is 4.88. The Morgan fingerprint density at radius 2 is 1.86 bits per heavy atom. The summed E-state index contributed by atoms with van der Waals surface area (Å²) in [5.74, 6) is 1.43. The van der Waals surface area contributed by atoms with E-state index in [0.717, 1.165) is 22.8 Å². The Balaban J connectivity index is 1.59. The summed E-state index contributed by atoms with van der Waals surface area (Å²) in [6.07, 6.45) is 0. The number of hydrogen-bond donors (Lipinski definition) is 1. The zero-order valence-electron chi connectivity index (χ0n) is 16.7. The average Bonchev–Trinajstić information content (AvgIpc) is 3.12. The fourth-order valence-electron chi connectivity index (χ4n) is 3.82. The van der Waals surface area contributed by atoms with Crippen LogP contribution in [0.3, 0.4) is 0 Å². The van der Waals surface area contributed by atoms with E-state index in [2.05, 4.69) is 27.0 Å². The monoisotopic (exact) mass is 389 g/mol. The fraction of sp³-hybridized carbons (Fsp3) is 0.273. The van der Waals surface area contributed by atoms with E-state index in [4.69, 9.17) is 0 Å². The van der Waals surface area contributed by atoms with Gasteiger partial charge < -0.3 is 14.8 Å². The molecule has 1 aromatic heterocycles. The van der Waals surface area contributed by atoms with Gasteiger partial charge >= 0.3 is 0 Å². The molecular formula is C22H23N5O2. The van der Waals surface area contributed by atoms with Crippen LogP contribution in [0.5, 0.6) is 0 Å². The molecule has 0 unspecified atom stereocenters. The molecule has 2 heterocycles. The average molecular weight is 389 g/mol. The predicted molar refractivity (Wildman–Crippen MR) is 110 cm³/mol. The van der Waals surface area contributed by atoms with E-state index in [1.165, 1.54) is 6.92 Å². The number of benzene rings is 2. The van der Waals surface area contributed by atoms with Gasteiger partial charge in [0.1, 0.15) is 0 Å². The van der Waals surface area contributed by atoms with Crippen molar-refractivity contribution in [2.24, 2.45) is 0 Å². The first kappa shape index (κ1) is 18.9. The van der Waals surface area contributed by atoms with Gasteiger partial charge in [0.05, 0.1) is 12.6 Å². The molecule has 1 N–H and O–H groups in total. The van der Waals surface area contributed by atoms with Crippen molar-refractivity contribution >= 4 is 17.5 Å². The van der Waals surface area contributed by atoms with Crippen LogP contribution in [0.1, 0.15) is 41.6 Å². The topological polar surface area (TPSA) is 80.1 Å². The Bertz CT molecular complexity index is 1070. The van der Waals surface area contributed by atoms with Crippen LogP contribution in [0.15, 0.2) is 48.5 Å². The van der Waals surface area contributed by atoms with Crippen molar-refractivity contribution < 1.29 is 9.59 Å². The Labute approximate surface area is 169 Å². The lowest BCUT2D eigenvalue weighted by molar-refractivity contribution is -0.114. The second kappa shape index (κ2) is 7.50. The second-order valence-electron chi connectivity index (χ2n) is 7.42. The molecule has 1 atom stereocenters. The van der Waals surface area contributed by atoms with Gasteiger partial charge in [-0.1, -0.05) is 30.3 Å². The van der Waals surface area contributed by atoms with Crippen LogP contribution in [0.2, 0.25) is 0 Å². The molecule has 7 nitrogen and oxygen atoms in total. The van der Waals surface area contributed by atoms with Crippen LogP contribution in [0, 0.1) is 6.92 Å². The maximum Gasteiger partial charge on any atom is 0.254 e. The van der Waals surface area contributed by atoms with Crippen molar-refractivity contribution in [2.75, 3.05) is 11.9 Å². The van der Waals surface area contributed by atoms with Crippen molar-refractivity contribution in [2.45, 2.75) is 33.4 Å². The van der Waals surface area contributed by atoms with Gasteiger partial charge in [-0.15, -0.1) is 10.2 Å². The van der Waals surface area contributed by atoms with Crippen LogP contribution >= 0.6 is 0 Å². The summed E-state index contributed by atoms with van der Waals surface area (Å²) in [7, 11) is 0. The SMILES string of the molecule is CC(=O)Nc1ccc(C(=O)N2Cc3nnc(-c4ccccc4)n3[C@@H](C)C2)c(C)c1. The maximum atomic E-state index is 13.2. The molecule has 0 aliphatic carbocycles. The molecule has 1 aliphatic heterocycles. The molecule has 148 valence electrons. The molecule has 2 amide bonds. The van der Waals surface area contributed by atoms with E-state index >= 15 is 0 Å². The lowest BCUT2D eigenvalue weighted by atomic mass is 10.1. The molecule has 2 aromatic carbocycles. The van der Waals surface area contributed by atoms with Crippen molar-refractivity contribution in [1.82, 2.24) is 19.7 Å². The first-order chi connectivity index (χ1) is 13.9. The normalized spacial score (nSPS) is 15.7. The largest absolute Gasteiger partial charge is 0.329 e. The molecule has 0 spiro atoms. The van der Waals surface area contributed by atoms with Crippen LogP contribution in [0.25, 0.3) is 11.4 Å². The summed E-state index contributed by atoms with van der Waals surface area (Å²) in [4.78, 5) is 26.2. The van der Waals surface area contributed by atoms with Crippen LogP contribution in [0.4, 0.5) is 5.69 Å². The number of aromatic nitrogens is 3. The van der Waals surface area contributed by atoms with E-state index in [1.54, 1.807) is 12.1 Å². The lowest BCUT2D eigenvalue weighted by Crippen LogP contribution is -2.40. The summed E-state index contributed by atoms with van der Waals surface area (Å²) in [5.41, 5.74) is 3.15. The highest BCUT2D eigenvalue weighted by Gasteiger charge is 2.30. The van der Waals surface area contributed by atoms with Gasteiger partial charge in [-0.25, -0.2) is 0 Å². The number of hydrogen-bond acceptors (Lipinski definition) is 4. The number of aryl methyl sites for hydroxylation is 1. The molecule has 7 heteroatoms. The third-order valence-corrected chi connectivity index (χ3v) is 5.12. The molecule has 29 heavy (non-hydrogen) atoms. The van der Waals surface area contributed by atoms with Gasteiger partial charge in [0.25, 0.3) is 5.91 Å². The highest BCUT2D eigenvalue weighted by molar-refractivity contribution is 5.97. The molecule has 0 radical (unpaired) electrons. The number of anilines is 1. The number of fused-ring (bicyclic) bond motifs is 1. The van der Waals surface area contributed by atoms with Crippen LogP contribution in [-0.4, -0.2) is 38.0 Å². The Hall–Kier alpha value is -3.48. The smallest absolute Gasteiger partial charge is 0.254 e. The number of rotatable bonds is 3. The number of nitrogens with one attached hydrogen (secondary N) is 1. The molecular weight excluding hydrogens is 366 g/mol. The van der Waals surface area contributed by atoms with Crippen molar-refractivity contribution in [3.05, 3.63) is 65.5 Å². The molecule has 1 aliphatic rings. The highest BCUT2D eigenvalue weighted by atomic mass is 16.2. The standard InChI is InChI=1S/C22H23N5O2/c1-14-11-18(23-16(3)28)9-10-19(14)22(29)26-12-15(2)27-20(13-26)24-25-21(27)17-7-5-4-6-8-17/h4-11,15H,12-13H2,1-3H3,(H,23,28)/t15-/m0/s1. The molecule has 0 saturated carbocycles. The summed E-state index contributed by atoms with van der Waals surface area (Å²) >= 11 is 0. The van der Waals surface area contributed by atoms with Crippen molar-refractivity contribution in [1.29, 1.82) is 0 Å². The maximum absolute atomic E-state index is 13.2. The molecule has 0 bridgehead atoms. The zero-order valence-corrected chi connectivity index (χ0v) is 16.7. The second-order valence-corrected chi connectivity index (χ2v) is 7.42. The van der Waals surface area contributed by atoms with Gasteiger partial charge in [-0.05, 0) is 37.6 Å². The molecule has 0 saturated heterocycles. The number of carbonyl (C=O) groups excluding carboxylic acids is 2. The Morgan fingerprint density at radius 3 is 2.55 bits per heavy atom. The van der Waals surface area contributed by atoms with Gasteiger partial charge in [0.2, 0.25) is 5.91 Å². The van der Waals surface area contributed by atoms with Crippen LogP contribution < -0.4 is 5.32 Å². The van der Waals surface area contributed by atoms with Gasteiger partial charge in [0.15, 0.2) is 11.6 Å². The summed E-state index contributed by atoms with van der Waals surface area (Å²) in [6.45, 7) is 6.41. The molecule has 4 rings (SSSR count). The quantitative estimate of drug-likeness (QED) is 0.744. The minimum absolute atomic E-state index is 0.0424. The first-order valence-electron chi connectivity index (χ1n) is 9.60.